The van der Waals surface area contributed by atoms with Crippen molar-refractivity contribution in [2.75, 3.05) is 33.1 Å². The highest BCUT2D eigenvalue weighted by atomic mass is 32.2. The van der Waals surface area contributed by atoms with Gasteiger partial charge < -0.3 is 9.80 Å². The Balaban J connectivity index is 2.05. The molecule has 1 aliphatic carbocycles. The van der Waals surface area contributed by atoms with Gasteiger partial charge in [-0.25, -0.2) is 0 Å². The fourth-order valence-corrected chi connectivity index (χ4v) is 3.81. The summed E-state index contributed by atoms with van der Waals surface area (Å²) in [4.78, 5) is 10.4. The van der Waals surface area contributed by atoms with Crippen LogP contribution in [0.15, 0.2) is 52.0 Å². The third-order valence-corrected chi connectivity index (χ3v) is 5.18. The molecule has 0 spiro atoms. The van der Waals surface area contributed by atoms with Crippen LogP contribution in [0.25, 0.3) is 0 Å². The van der Waals surface area contributed by atoms with Crippen molar-refractivity contribution in [3.63, 3.8) is 0 Å². The Morgan fingerprint density at radius 2 is 1.81 bits per heavy atom. The number of aliphatic imine (C=N–C) groups is 1. The summed E-state index contributed by atoms with van der Waals surface area (Å²) in [5.41, 5.74) is 4.65. The number of benzene rings is 1. The summed E-state index contributed by atoms with van der Waals surface area (Å²) in [7, 11) is 8.29. The van der Waals surface area contributed by atoms with E-state index < -0.39 is 0 Å². The fourth-order valence-electron chi connectivity index (χ4n) is 2.56. The van der Waals surface area contributed by atoms with Crippen LogP contribution in [0.1, 0.15) is 6.92 Å². The van der Waals surface area contributed by atoms with Gasteiger partial charge in [0.2, 0.25) is 0 Å². The number of hydrogen-bond acceptors (Lipinski definition) is 4. The number of likely N-dealkylation sites (N-methyl/N-ethyl adjacent to an activating group) is 1. The van der Waals surface area contributed by atoms with Crippen LogP contribution in [0.2, 0.25) is 0 Å². The van der Waals surface area contributed by atoms with Gasteiger partial charge in [0.1, 0.15) is 0 Å². The zero-order valence-electron chi connectivity index (χ0n) is 13.2. The monoisotopic (exact) mass is 299 g/mol. The number of hydrogen-bond donors (Lipinski definition) is 0. The summed E-state index contributed by atoms with van der Waals surface area (Å²) in [5, 5.41) is 0. The molecule has 4 heteroatoms. The van der Waals surface area contributed by atoms with Crippen LogP contribution in [0.5, 0.6) is 0 Å². The fraction of sp³-hybridized carbons (Fsp3) is 0.353. The van der Waals surface area contributed by atoms with E-state index in [1.807, 2.05) is 11.8 Å². The lowest BCUT2D eigenvalue weighted by molar-refractivity contribution is 0.525. The van der Waals surface area contributed by atoms with E-state index in [1.165, 1.54) is 16.3 Å². The van der Waals surface area contributed by atoms with Crippen LogP contribution in [-0.2, 0) is 0 Å². The smallest absolute Gasteiger partial charge is 0.0802 e. The van der Waals surface area contributed by atoms with Crippen LogP contribution in [0.3, 0.4) is 0 Å². The first-order valence-electron chi connectivity index (χ1n) is 7.07. The minimum atomic E-state index is -0.0910. The Morgan fingerprint density at radius 3 is 2.48 bits per heavy atom. The Hall–Kier alpha value is -1.68. The molecule has 1 heterocycles. The summed E-state index contributed by atoms with van der Waals surface area (Å²) in [6, 6.07) is 6.47. The summed E-state index contributed by atoms with van der Waals surface area (Å²) < 4.78 is -0.0910. The molecule has 0 saturated carbocycles. The van der Waals surface area contributed by atoms with E-state index in [2.05, 4.69) is 81.3 Å². The molecule has 3 rings (SSSR count). The molecule has 3 nitrogen and oxygen atoms in total. The van der Waals surface area contributed by atoms with Crippen molar-refractivity contribution in [3.05, 3.63) is 42.1 Å². The summed E-state index contributed by atoms with van der Waals surface area (Å²) in [6.45, 7) is 2.24. The van der Waals surface area contributed by atoms with Crippen molar-refractivity contribution in [1.82, 2.24) is 4.90 Å². The number of allylic oxidation sites excluding steroid dienone is 2. The highest BCUT2D eigenvalue weighted by molar-refractivity contribution is 8.01. The van der Waals surface area contributed by atoms with Gasteiger partial charge >= 0.3 is 0 Å². The van der Waals surface area contributed by atoms with Gasteiger partial charge in [0.25, 0.3) is 0 Å². The lowest BCUT2D eigenvalue weighted by Gasteiger charge is -2.35. The molecule has 0 radical (unpaired) electrons. The molecule has 1 aliphatic heterocycles. The lowest BCUT2D eigenvalue weighted by Crippen LogP contribution is -2.33. The van der Waals surface area contributed by atoms with Crippen LogP contribution in [-0.4, -0.2) is 43.5 Å². The topological polar surface area (TPSA) is 18.8 Å². The first-order valence-corrected chi connectivity index (χ1v) is 7.88. The maximum Gasteiger partial charge on any atom is 0.0802 e. The van der Waals surface area contributed by atoms with E-state index in [0.29, 0.717) is 0 Å². The second kappa shape index (κ2) is 4.95. The number of thioether (sulfide) groups is 1. The third-order valence-electron chi connectivity index (χ3n) is 3.88. The van der Waals surface area contributed by atoms with Crippen molar-refractivity contribution in [3.8, 4) is 0 Å². The molecule has 2 aliphatic rings. The maximum atomic E-state index is 4.86. The molecule has 0 aromatic heterocycles. The number of nitrogens with zero attached hydrogens (tertiary/aromatic N) is 3. The van der Waals surface area contributed by atoms with Crippen molar-refractivity contribution < 1.29 is 0 Å². The average Bonchev–Trinajstić information content (AvgIpc) is 2.42. The minimum Gasteiger partial charge on any atom is -0.378 e. The average molecular weight is 299 g/mol. The Labute approximate surface area is 131 Å². The summed E-state index contributed by atoms with van der Waals surface area (Å²) in [6.07, 6.45) is 6.59. The largest absolute Gasteiger partial charge is 0.378 e. The van der Waals surface area contributed by atoms with Gasteiger partial charge in [-0.3, -0.25) is 4.99 Å². The molecule has 0 fully saturated rings. The predicted molar refractivity (Wildman–Crippen MR) is 93.0 cm³/mol. The molecule has 0 N–H and O–H groups in total. The van der Waals surface area contributed by atoms with Crippen molar-refractivity contribution in [2.24, 2.45) is 4.99 Å². The predicted octanol–water partition coefficient (Wildman–Crippen LogP) is 3.70. The summed E-state index contributed by atoms with van der Waals surface area (Å²) in [5.74, 6) is 0. The first-order chi connectivity index (χ1) is 9.89. The Kier molecular flexibility index (Phi) is 3.36. The highest BCUT2D eigenvalue weighted by Crippen LogP contribution is 2.47. The lowest BCUT2D eigenvalue weighted by atomic mass is 9.96. The minimum absolute atomic E-state index is 0.0910. The first kappa shape index (κ1) is 14.3. The van der Waals surface area contributed by atoms with E-state index in [-0.39, 0.29) is 4.75 Å². The van der Waals surface area contributed by atoms with E-state index in [1.54, 1.807) is 0 Å². The van der Waals surface area contributed by atoms with E-state index >= 15 is 0 Å². The van der Waals surface area contributed by atoms with Gasteiger partial charge in [0, 0.05) is 44.5 Å². The molecule has 1 unspecified atom stereocenters. The van der Waals surface area contributed by atoms with Crippen LogP contribution < -0.4 is 4.90 Å². The normalized spacial score (nSPS) is 22.9. The van der Waals surface area contributed by atoms with Crippen LogP contribution in [0.4, 0.5) is 11.4 Å². The molecular formula is C17H21N3S. The molecule has 1 aromatic carbocycles. The number of anilines is 1. The number of fused-ring (bicyclic) bond motifs is 2. The quantitative estimate of drug-likeness (QED) is 0.829. The van der Waals surface area contributed by atoms with Crippen molar-refractivity contribution in [2.45, 2.75) is 16.6 Å². The van der Waals surface area contributed by atoms with Gasteiger partial charge in [-0.1, -0.05) is 0 Å². The number of rotatable bonds is 2. The van der Waals surface area contributed by atoms with Gasteiger partial charge in [-0.2, -0.15) is 0 Å². The molecule has 110 valence electrons. The van der Waals surface area contributed by atoms with Crippen molar-refractivity contribution in [1.29, 1.82) is 0 Å². The molecule has 0 saturated heterocycles. The van der Waals surface area contributed by atoms with Gasteiger partial charge in [-0.05, 0) is 43.4 Å². The molecule has 1 atom stereocenters. The van der Waals surface area contributed by atoms with Crippen molar-refractivity contribution >= 4 is 28.8 Å². The summed E-state index contributed by atoms with van der Waals surface area (Å²) >= 11 is 1.88. The Bertz CT molecular complexity index is 671. The van der Waals surface area contributed by atoms with Gasteiger partial charge in [-0.15, -0.1) is 11.8 Å². The highest BCUT2D eigenvalue weighted by Gasteiger charge is 2.35. The van der Waals surface area contributed by atoms with Crippen LogP contribution in [0, 0.1) is 0 Å². The molecule has 21 heavy (non-hydrogen) atoms. The third kappa shape index (κ3) is 2.48. The standard InChI is InChI=1S/C17H21N3S/c1-17-11-13(20(4)5)7-9-16(17)18-14-8-6-12(19(2)3)10-15(14)21-17/h6-11H,1-5H3. The van der Waals surface area contributed by atoms with Crippen LogP contribution >= 0.6 is 11.8 Å². The second-order valence-corrected chi connectivity index (χ2v) is 7.54. The van der Waals surface area contributed by atoms with E-state index in [0.717, 1.165) is 11.4 Å². The van der Waals surface area contributed by atoms with Gasteiger partial charge in [0.05, 0.1) is 16.1 Å². The van der Waals surface area contributed by atoms with E-state index in [4.69, 9.17) is 4.99 Å². The molecular weight excluding hydrogens is 278 g/mol. The molecule has 0 bridgehead atoms. The molecule has 1 aromatic rings. The maximum absolute atomic E-state index is 4.86. The zero-order chi connectivity index (χ0) is 15.2. The SMILES string of the molecule is CN(C)C1=CC2(C)Sc3cc(N(C)C)ccc3N=C2C=C1. The van der Waals surface area contributed by atoms with E-state index in [9.17, 15) is 0 Å². The second-order valence-electron chi connectivity index (χ2n) is 6.05. The van der Waals surface area contributed by atoms with Gasteiger partial charge in [0.15, 0.2) is 0 Å². The Morgan fingerprint density at radius 1 is 1.05 bits per heavy atom. The molecule has 0 amide bonds. The zero-order valence-corrected chi connectivity index (χ0v) is 14.0.